The summed E-state index contributed by atoms with van der Waals surface area (Å²) in [6, 6.07) is 27.0. The first kappa shape index (κ1) is 26.6. The van der Waals surface area contributed by atoms with Crippen molar-refractivity contribution in [1.82, 2.24) is 9.55 Å². The van der Waals surface area contributed by atoms with E-state index in [-0.39, 0.29) is 17.3 Å². The first-order valence-corrected chi connectivity index (χ1v) is 13.9. The van der Waals surface area contributed by atoms with Crippen LogP contribution in [0.3, 0.4) is 0 Å². The number of aromatic nitrogens is 2. The summed E-state index contributed by atoms with van der Waals surface area (Å²) >= 11 is 8.76. The number of non-ortho nitro benzene ring substituents is 1. The van der Waals surface area contributed by atoms with Crippen molar-refractivity contribution < 1.29 is 14.5 Å². The Kier molecular flexibility index (Phi) is 8.06. The van der Waals surface area contributed by atoms with E-state index in [1.165, 1.54) is 35.7 Å². The molecule has 11 heteroatoms. The number of nitrogens with one attached hydrogen (secondary N) is 1. The average Bonchev–Trinajstić information content (AvgIpc) is 3.31. The molecule has 0 radical (unpaired) electrons. The highest BCUT2D eigenvalue weighted by atomic mass is 35.5. The lowest BCUT2D eigenvalue weighted by Gasteiger charge is -2.13. The smallest absolute Gasteiger partial charge is 0.271 e. The van der Waals surface area contributed by atoms with Crippen molar-refractivity contribution in [2.75, 3.05) is 18.2 Å². The van der Waals surface area contributed by atoms with Crippen LogP contribution in [-0.2, 0) is 4.79 Å². The second kappa shape index (κ2) is 11.8. The molecule has 5 rings (SSSR count). The number of fused-ring (bicyclic) bond motifs is 1. The Morgan fingerprint density at radius 2 is 1.79 bits per heavy atom. The second-order valence-electron chi connectivity index (χ2n) is 8.22. The molecule has 0 spiro atoms. The van der Waals surface area contributed by atoms with Crippen molar-refractivity contribution in [2.24, 2.45) is 0 Å². The zero-order chi connectivity index (χ0) is 27.4. The quantitative estimate of drug-likeness (QED) is 0.110. The summed E-state index contributed by atoms with van der Waals surface area (Å²) in [6.45, 7) is 0. The highest BCUT2D eigenvalue weighted by Gasteiger charge is 2.20. The molecule has 0 saturated heterocycles. The molecule has 5 aromatic rings. The zero-order valence-corrected chi connectivity index (χ0v) is 22.9. The number of nitro groups is 1. The average molecular weight is 577 g/mol. The van der Waals surface area contributed by atoms with Crippen LogP contribution in [0.4, 0.5) is 11.4 Å². The molecule has 0 aliphatic rings. The van der Waals surface area contributed by atoms with E-state index in [1.807, 2.05) is 77.4 Å². The number of carbonyl (C=O) groups excluding carboxylic acids is 1. The van der Waals surface area contributed by atoms with Crippen molar-refractivity contribution in [3.63, 3.8) is 0 Å². The Balaban J connectivity index is 1.40. The van der Waals surface area contributed by atoms with Crippen molar-refractivity contribution in [1.29, 1.82) is 0 Å². The summed E-state index contributed by atoms with van der Waals surface area (Å²) in [5.41, 5.74) is 2.46. The summed E-state index contributed by atoms with van der Waals surface area (Å²) in [6.07, 6.45) is 0. The van der Waals surface area contributed by atoms with Gasteiger partial charge in [-0.25, -0.2) is 4.98 Å². The maximum absolute atomic E-state index is 13.1. The molecule has 1 heterocycles. The van der Waals surface area contributed by atoms with Gasteiger partial charge in [-0.3, -0.25) is 19.5 Å². The van der Waals surface area contributed by atoms with Gasteiger partial charge in [-0.05, 0) is 54.6 Å². The zero-order valence-electron chi connectivity index (χ0n) is 20.5. The van der Waals surface area contributed by atoms with Gasteiger partial charge in [0.1, 0.15) is 5.75 Å². The largest absolute Gasteiger partial charge is 0.495 e. The number of nitro benzene ring substituents is 1. The van der Waals surface area contributed by atoms with Gasteiger partial charge in [0, 0.05) is 26.9 Å². The van der Waals surface area contributed by atoms with Crippen LogP contribution in [0.2, 0.25) is 5.02 Å². The normalized spacial score (nSPS) is 10.9. The Hall–Kier alpha value is -3.99. The first-order valence-electron chi connectivity index (χ1n) is 11.7. The fraction of sp³-hybridized carbons (Fsp3) is 0.0714. The van der Waals surface area contributed by atoms with E-state index in [9.17, 15) is 14.9 Å². The third kappa shape index (κ3) is 6.03. The van der Waals surface area contributed by atoms with Crippen LogP contribution in [0.5, 0.6) is 5.75 Å². The summed E-state index contributed by atoms with van der Waals surface area (Å²) < 4.78 is 7.40. The molecule has 1 N–H and O–H groups in total. The van der Waals surface area contributed by atoms with Gasteiger partial charge >= 0.3 is 0 Å². The van der Waals surface area contributed by atoms with Crippen LogP contribution < -0.4 is 10.1 Å². The van der Waals surface area contributed by atoms with Gasteiger partial charge < -0.3 is 10.1 Å². The molecule has 0 bridgehead atoms. The van der Waals surface area contributed by atoms with E-state index in [0.717, 1.165) is 9.79 Å². The van der Waals surface area contributed by atoms with E-state index in [4.69, 9.17) is 16.3 Å². The van der Waals surface area contributed by atoms with Gasteiger partial charge in [-0.15, -0.1) is 0 Å². The molecule has 39 heavy (non-hydrogen) atoms. The Labute approximate surface area is 237 Å². The Bertz CT molecular complexity index is 1670. The molecule has 196 valence electrons. The lowest BCUT2D eigenvalue weighted by atomic mass is 10.2. The van der Waals surface area contributed by atoms with Gasteiger partial charge in [-0.2, -0.15) is 0 Å². The predicted octanol–water partition coefficient (Wildman–Crippen LogP) is 7.48. The number of methoxy groups -OCH3 is 1. The summed E-state index contributed by atoms with van der Waals surface area (Å²) in [4.78, 5) is 30.5. The van der Waals surface area contributed by atoms with Crippen LogP contribution in [0, 0.1) is 10.1 Å². The number of nitrogens with zero attached hydrogens (tertiary/aromatic N) is 3. The first-order chi connectivity index (χ1) is 18.9. The van der Waals surface area contributed by atoms with Crippen molar-refractivity contribution in [3.8, 4) is 11.4 Å². The van der Waals surface area contributed by atoms with E-state index >= 15 is 0 Å². The molecule has 0 aliphatic carbocycles. The Morgan fingerprint density at radius 3 is 2.56 bits per heavy atom. The molecule has 0 atom stereocenters. The molecule has 1 amide bonds. The predicted molar refractivity (Wildman–Crippen MR) is 156 cm³/mol. The summed E-state index contributed by atoms with van der Waals surface area (Å²) in [7, 11) is 1.57. The van der Waals surface area contributed by atoms with E-state index in [0.29, 0.717) is 38.3 Å². The van der Waals surface area contributed by atoms with Gasteiger partial charge in [0.15, 0.2) is 5.16 Å². The molecular weight excluding hydrogens is 556 g/mol. The van der Waals surface area contributed by atoms with Crippen LogP contribution in [0.25, 0.3) is 16.7 Å². The monoisotopic (exact) mass is 576 g/mol. The minimum absolute atomic E-state index is 0.0590. The third-order valence-corrected chi connectivity index (χ3v) is 7.95. The molecular formula is C28H21ClN4O4S2. The third-order valence-electron chi connectivity index (χ3n) is 5.68. The lowest BCUT2D eigenvalue weighted by molar-refractivity contribution is -0.384. The maximum atomic E-state index is 13.1. The number of thioether (sulfide) groups is 1. The minimum atomic E-state index is -0.457. The molecule has 4 aromatic carbocycles. The molecule has 0 saturated carbocycles. The molecule has 0 aliphatic heterocycles. The van der Waals surface area contributed by atoms with Crippen molar-refractivity contribution in [2.45, 2.75) is 14.9 Å². The van der Waals surface area contributed by atoms with Crippen LogP contribution >= 0.6 is 35.1 Å². The van der Waals surface area contributed by atoms with E-state index < -0.39 is 4.92 Å². The molecule has 1 aromatic heterocycles. The highest BCUT2D eigenvalue weighted by Crippen LogP contribution is 2.36. The number of benzene rings is 4. The number of imidazole rings is 1. The fourth-order valence-corrected chi connectivity index (χ4v) is 5.76. The topological polar surface area (TPSA) is 99.3 Å². The number of rotatable bonds is 9. The maximum Gasteiger partial charge on any atom is 0.271 e. The summed E-state index contributed by atoms with van der Waals surface area (Å²) in [5, 5.41) is 15.5. The summed E-state index contributed by atoms with van der Waals surface area (Å²) in [5.74, 6) is 0.462. The SMILES string of the molecule is COc1ccccc1-n1c(SCC(=O)Nc2ccccc2Sc2ccc(Cl)cc2)nc2cc([N+](=O)[O-])ccc21. The van der Waals surface area contributed by atoms with Crippen LogP contribution in [0.1, 0.15) is 0 Å². The Morgan fingerprint density at radius 1 is 1.05 bits per heavy atom. The van der Waals surface area contributed by atoms with Crippen LogP contribution in [0.15, 0.2) is 106 Å². The molecule has 8 nitrogen and oxygen atoms in total. The van der Waals surface area contributed by atoms with Gasteiger partial charge in [0.25, 0.3) is 5.69 Å². The minimum Gasteiger partial charge on any atom is -0.495 e. The number of anilines is 1. The van der Waals surface area contributed by atoms with Gasteiger partial charge in [-0.1, -0.05) is 59.4 Å². The standard InChI is InChI=1S/C28H21ClN4O4S2/c1-37-25-8-4-3-7-24(25)32-23-15-12-19(33(35)36)16-22(23)31-28(32)38-17-27(34)30-21-6-2-5-9-26(21)39-20-13-10-18(29)11-14-20/h2-16H,17H2,1H3,(H,30,34). The lowest BCUT2D eigenvalue weighted by Crippen LogP contribution is -2.15. The van der Waals surface area contributed by atoms with E-state index in [1.54, 1.807) is 13.2 Å². The number of ether oxygens (including phenoxy) is 1. The molecule has 0 fully saturated rings. The van der Waals surface area contributed by atoms with Gasteiger partial charge in [0.05, 0.1) is 40.2 Å². The van der Waals surface area contributed by atoms with Crippen molar-refractivity contribution >= 4 is 63.4 Å². The number of hydrogen-bond acceptors (Lipinski definition) is 7. The number of hydrogen-bond donors (Lipinski definition) is 1. The number of para-hydroxylation sites is 3. The molecule has 0 unspecified atom stereocenters. The van der Waals surface area contributed by atoms with Gasteiger partial charge in [0.2, 0.25) is 5.91 Å². The van der Waals surface area contributed by atoms with Crippen LogP contribution in [-0.4, -0.2) is 33.2 Å². The highest BCUT2D eigenvalue weighted by molar-refractivity contribution is 8.00. The van der Waals surface area contributed by atoms with E-state index in [2.05, 4.69) is 10.3 Å². The fourth-order valence-electron chi connectivity index (χ4n) is 3.91. The number of halogens is 1. The van der Waals surface area contributed by atoms with Crippen molar-refractivity contribution in [3.05, 3.63) is 106 Å². The number of carbonyl (C=O) groups is 1. The second-order valence-corrected chi connectivity index (χ2v) is 10.7. The number of amides is 1.